The Morgan fingerprint density at radius 1 is 1.39 bits per heavy atom. The molecule has 0 saturated carbocycles. The second-order valence-corrected chi connectivity index (χ2v) is 5.10. The van der Waals surface area contributed by atoms with Gasteiger partial charge in [-0.25, -0.2) is 0 Å². The molecule has 0 aromatic heterocycles. The lowest BCUT2D eigenvalue weighted by Crippen LogP contribution is -2.36. The van der Waals surface area contributed by atoms with E-state index < -0.39 is 0 Å². The number of nitrogens with one attached hydrogen (secondary N) is 1. The van der Waals surface area contributed by atoms with Gasteiger partial charge in [0.1, 0.15) is 0 Å². The molecule has 1 aromatic carbocycles. The summed E-state index contributed by atoms with van der Waals surface area (Å²) < 4.78 is 0. The van der Waals surface area contributed by atoms with Gasteiger partial charge in [-0.1, -0.05) is 11.6 Å². The minimum Gasteiger partial charge on any atom is -0.347 e. The Bertz CT molecular complexity index is 463. The molecule has 0 aliphatic heterocycles. The summed E-state index contributed by atoms with van der Waals surface area (Å²) in [6, 6.07) is 5.23. The summed E-state index contributed by atoms with van der Waals surface area (Å²) in [5.41, 5.74) is 0.384. The summed E-state index contributed by atoms with van der Waals surface area (Å²) in [6.45, 7) is -0.0361. The number of hydrogen-bond acceptors (Lipinski definition) is 3. The third-order valence-electron chi connectivity index (χ3n) is 2.32. The maximum atomic E-state index is 11.9. The van der Waals surface area contributed by atoms with Gasteiger partial charge in [0, 0.05) is 19.0 Å². The number of rotatable bonds is 4. The van der Waals surface area contributed by atoms with Gasteiger partial charge in [-0.2, -0.15) is 0 Å². The van der Waals surface area contributed by atoms with Gasteiger partial charge < -0.3 is 10.2 Å². The second-order valence-electron chi connectivity index (χ2n) is 3.82. The molecule has 1 rings (SSSR count). The Labute approximate surface area is 116 Å². The SMILES string of the molecule is CSc1ccc(Cl)c(C(=O)NCC(=O)N(C)C)c1. The van der Waals surface area contributed by atoms with Gasteiger partial charge in [0.25, 0.3) is 5.91 Å². The van der Waals surface area contributed by atoms with Gasteiger partial charge in [0.05, 0.1) is 17.1 Å². The predicted molar refractivity (Wildman–Crippen MR) is 74.3 cm³/mol. The highest BCUT2D eigenvalue weighted by Gasteiger charge is 2.13. The highest BCUT2D eigenvalue weighted by Crippen LogP contribution is 2.22. The molecule has 6 heteroatoms. The van der Waals surface area contributed by atoms with Crippen molar-refractivity contribution in [3.8, 4) is 0 Å². The number of carbonyl (C=O) groups is 2. The monoisotopic (exact) mass is 286 g/mol. The smallest absolute Gasteiger partial charge is 0.253 e. The Morgan fingerprint density at radius 3 is 2.61 bits per heavy atom. The topological polar surface area (TPSA) is 49.4 Å². The second kappa shape index (κ2) is 6.66. The van der Waals surface area contributed by atoms with Crippen LogP contribution in [0.3, 0.4) is 0 Å². The van der Waals surface area contributed by atoms with Crippen molar-refractivity contribution in [1.29, 1.82) is 0 Å². The molecular weight excluding hydrogens is 272 g/mol. The van der Waals surface area contributed by atoms with E-state index in [1.165, 1.54) is 16.7 Å². The van der Waals surface area contributed by atoms with E-state index in [0.29, 0.717) is 10.6 Å². The first-order valence-corrected chi connectivity index (χ1v) is 6.88. The molecule has 0 atom stereocenters. The van der Waals surface area contributed by atoms with Gasteiger partial charge in [0.2, 0.25) is 5.91 Å². The molecule has 4 nitrogen and oxygen atoms in total. The zero-order valence-electron chi connectivity index (χ0n) is 10.5. The van der Waals surface area contributed by atoms with E-state index >= 15 is 0 Å². The molecule has 1 aromatic rings. The van der Waals surface area contributed by atoms with Crippen LogP contribution in [-0.4, -0.2) is 43.6 Å². The van der Waals surface area contributed by atoms with Crippen molar-refractivity contribution in [3.63, 3.8) is 0 Å². The van der Waals surface area contributed by atoms with Crippen LogP contribution in [0.5, 0.6) is 0 Å². The van der Waals surface area contributed by atoms with Crippen LogP contribution in [-0.2, 0) is 4.79 Å². The molecule has 0 spiro atoms. The van der Waals surface area contributed by atoms with Crippen molar-refractivity contribution in [2.75, 3.05) is 26.9 Å². The standard InChI is InChI=1S/C12H15ClN2O2S/c1-15(2)11(16)7-14-12(17)9-6-8(18-3)4-5-10(9)13/h4-6H,7H2,1-3H3,(H,14,17). The summed E-state index contributed by atoms with van der Waals surface area (Å²) in [7, 11) is 3.27. The average molecular weight is 287 g/mol. The number of carbonyl (C=O) groups excluding carboxylic acids is 2. The minimum atomic E-state index is -0.342. The van der Waals surface area contributed by atoms with Gasteiger partial charge in [-0.05, 0) is 24.5 Å². The number of benzene rings is 1. The highest BCUT2D eigenvalue weighted by molar-refractivity contribution is 7.98. The van der Waals surface area contributed by atoms with E-state index in [1.54, 1.807) is 26.2 Å². The van der Waals surface area contributed by atoms with E-state index in [0.717, 1.165) is 4.90 Å². The molecule has 0 heterocycles. The molecule has 0 aliphatic rings. The molecule has 98 valence electrons. The molecule has 1 N–H and O–H groups in total. The number of likely N-dealkylation sites (N-methyl/N-ethyl adjacent to an activating group) is 1. The quantitative estimate of drug-likeness (QED) is 0.860. The van der Waals surface area contributed by atoms with Crippen LogP contribution in [0.2, 0.25) is 5.02 Å². The predicted octanol–water partition coefficient (Wildman–Crippen LogP) is 1.88. The van der Waals surface area contributed by atoms with E-state index in [-0.39, 0.29) is 18.4 Å². The lowest BCUT2D eigenvalue weighted by atomic mass is 10.2. The van der Waals surface area contributed by atoms with Crippen LogP contribution in [0.1, 0.15) is 10.4 Å². The van der Waals surface area contributed by atoms with Crippen LogP contribution >= 0.6 is 23.4 Å². The molecule has 2 amide bonds. The third-order valence-corrected chi connectivity index (χ3v) is 3.37. The van der Waals surface area contributed by atoms with Crippen molar-refractivity contribution < 1.29 is 9.59 Å². The highest BCUT2D eigenvalue weighted by atomic mass is 35.5. The van der Waals surface area contributed by atoms with E-state index in [2.05, 4.69) is 5.32 Å². The number of hydrogen-bond donors (Lipinski definition) is 1. The van der Waals surface area contributed by atoms with E-state index in [9.17, 15) is 9.59 Å². The fourth-order valence-corrected chi connectivity index (χ4v) is 1.86. The first-order chi connectivity index (χ1) is 8.45. The Morgan fingerprint density at radius 2 is 2.06 bits per heavy atom. The molecule has 0 fully saturated rings. The first-order valence-electron chi connectivity index (χ1n) is 5.27. The zero-order valence-corrected chi connectivity index (χ0v) is 12.1. The average Bonchev–Trinajstić information content (AvgIpc) is 2.35. The Hall–Kier alpha value is -1.20. The van der Waals surface area contributed by atoms with Crippen LogP contribution in [0.25, 0.3) is 0 Å². The van der Waals surface area contributed by atoms with E-state index in [4.69, 9.17) is 11.6 Å². The number of halogens is 1. The van der Waals surface area contributed by atoms with Gasteiger partial charge >= 0.3 is 0 Å². The molecule has 0 aliphatic carbocycles. The van der Waals surface area contributed by atoms with Gasteiger partial charge in [0.15, 0.2) is 0 Å². The number of nitrogens with zero attached hydrogens (tertiary/aromatic N) is 1. The molecule has 0 radical (unpaired) electrons. The lowest BCUT2D eigenvalue weighted by Gasteiger charge is -2.11. The van der Waals surface area contributed by atoms with Crippen LogP contribution in [0.15, 0.2) is 23.1 Å². The third kappa shape index (κ3) is 3.92. The van der Waals surface area contributed by atoms with Gasteiger partial charge in [-0.15, -0.1) is 11.8 Å². The van der Waals surface area contributed by atoms with Crippen molar-refractivity contribution in [2.24, 2.45) is 0 Å². The lowest BCUT2D eigenvalue weighted by molar-refractivity contribution is -0.127. The Kier molecular flexibility index (Phi) is 5.50. The fraction of sp³-hybridized carbons (Fsp3) is 0.333. The molecular formula is C12H15ClN2O2S. The van der Waals surface area contributed by atoms with Crippen molar-refractivity contribution in [1.82, 2.24) is 10.2 Å². The summed E-state index contributed by atoms with van der Waals surface area (Å²) in [6.07, 6.45) is 1.92. The normalized spacial score (nSPS) is 10.0. The van der Waals surface area contributed by atoms with Crippen LogP contribution in [0.4, 0.5) is 0 Å². The van der Waals surface area contributed by atoms with Gasteiger partial charge in [-0.3, -0.25) is 9.59 Å². The van der Waals surface area contributed by atoms with Crippen molar-refractivity contribution in [2.45, 2.75) is 4.90 Å². The number of amides is 2. The van der Waals surface area contributed by atoms with Crippen LogP contribution in [0, 0.1) is 0 Å². The zero-order chi connectivity index (χ0) is 13.7. The van der Waals surface area contributed by atoms with Crippen molar-refractivity contribution >= 4 is 35.2 Å². The van der Waals surface area contributed by atoms with Crippen LogP contribution < -0.4 is 5.32 Å². The summed E-state index contributed by atoms with van der Waals surface area (Å²) in [5, 5.41) is 2.93. The van der Waals surface area contributed by atoms with E-state index in [1.807, 2.05) is 12.3 Å². The van der Waals surface area contributed by atoms with Crippen molar-refractivity contribution in [3.05, 3.63) is 28.8 Å². The maximum absolute atomic E-state index is 11.9. The summed E-state index contributed by atoms with van der Waals surface area (Å²) >= 11 is 7.49. The Balaban J connectivity index is 2.75. The molecule has 0 saturated heterocycles. The first kappa shape index (κ1) is 14.9. The molecule has 0 bridgehead atoms. The minimum absolute atomic E-state index is 0.0361. The molecule has 0 unspecified atom stereocenters. The summed E-state index contributed by atoms with van der Waals surface area (Å²) in [4.78, 5) is 25.6. The fourth-order valence-electron chi connectivity index (χ4n) is 1.21. The summed E-state index contributed by atoms with van der Waals surface area (Å²) in [5.74, 6) is -0.508. The molecule has 18 heavy (non-hydrogen) atoms. The number of thioether (sulfide) groups is 1. The largest absolute Gasteiger partial charge is 0.347 e. The maximum Gasteiger partial charge on any atom is 0.253 e.